The molecule has 1 aliphatic rings. The van der Waals surface area contributed by atoms with Crippen LogP contribution in [0.1, 0.15) is 37.4 Å². The second kappa shape index (κ2) is 8.47. The largest absolute Gasteiger partial charge is 0.573 e. The van der Waals surface area contributed by atoms with Gasteiger partial charge in [0.15, 0.2) is 11.6 Å². The van der Waals surface area contributed by atoms with E-state index >= 15 is 0 Å². The van der Waals surface area contributed by atoms with Crippen LogP contribution in [-0.2, 0) is 20.2 Å². The number of benzene rings is 2. The molecule has 0 bridgehead atoms. The summed E-state index contributed by atoms with van der Waals surface area (Å²) in [5.74, 6) is -3.51. The van der Waals surface area contributed by atoms with Crippen molar-refractivity contribution in [2.24, 2.45) is 5.92 Å². The van der Waals surface area contributed by atoms with Crippen LogP contribution in [-0.4, -0.2) is 26.9 Å². The summed E-state index contributed by atoms with van der Waals surface area (Å²) in [5, 5.41) is 2.66. The molecule has 3 unspecified atom stereocenters. The Labute approximate surface area is 187 Å². The molecule has 0 aliphatic heterocycles. The van der Waals surface area contributed by atoms with Gasteiger partial charge in [-0.1, -0.05) is 19.1 Å². The molecule has 1 amide bonds. The van der Waals surface area contributed by atoms with Crippen molar-refractivity contribution in [2.75, 3.05) is 11.0 Å². The highest BCUT2D eigenvalue weighted by molar-refractivity contribution is 7.92. The van der Waals surface area contributed by atoms with E-state index in [0.717, 1.165) is 18.4 Å². The zero-order valence-electron chi connectivity index (χ0n) is 17.8. The van der Waals surface area contributed by atoms with Crippen molar-refractivity contribution in [1.82, 2.24) is 5.32 Å². The lowest BCUT2D eigenvalue weighted by atomic mass is 9.95. The molecule has 12 heteroatoms. The Bertz CT molecular complexity index is 1150. The average Bonchev–Trinajstić information content (AvgIpc) is 3.36. The molecule has 6 nitrogen and oxygen atoms in total. The minimum absolute atomic E-state index is 0.0911. The summed E-state index contributed by atoms with van der Waals surface area (Å²) >= 11 is 0. The molecule has 33 heavy (non-hydrogen) atoms. The van der Waals surface area contributed by atoms with Gasteiger partial charge >= 0.3 is 6.36 Å². The Morgan fingerprint density at radius 2 is 1.70 bits per heavy atom. The van der Waals surface area contributed by atoms with Crippen LogP contribution in [0.4, 0.5) is 27.6 Å². The predicted molar refractivity (Wildman–Crippen MR) is 110 cm³/mol. The highest BCUT2D eigenvalue weighted by Gasteiger charge is 2.55. The zero-order chi connectivity index (χ0) is 24.8. The van der Waals surface area contributed by atoms with E-state index in [1.165, 1.54) is 31.2 Å². The fraction of sp³-hybridized carbons (Fsp3) is 0.381. The number of sulfonamides is 1. The standard InChI is InChI=1S/C21H21F5N2O4S/c1-11(12-8-16(22)18(17(23)9-12)28-33(3,30)31)27-19(29)15-10-20(15,2)13-4-6-14(7-5-13)32-21(24,25)26/h4-9,11,15,28H,10H2,1-3H3,(H,27,29). The van der Waals surface area contributed by atoms with Gasteiger partial charge in [-0.15, -0.1) is 13.2 Å². The summed E-state index contributed by atoms with van der Waals surface area (Å²) in [7, 11) is -3.89. The van der Waals surface area contributed by atoms with Crippen LogP contribution in [0.3, 0.4) is 0 Å². The molecule has 1 saturated carbocycles. The normalized spacial score (nSPS) is 21.3. The molecule has 0 saturated heterocycles. The Morgan fingerprint density at radius 1 is 1.15 bits per heavy atom. The number of alkyl halides is 3. The molecule has 2 aromatic carbocycles. The van der Waals surface area contributed by atoms with Gasteiger partial charge in [0.2, 0.25) is 15.9 Å². The fourth-order valence-electron chi connectivity index (χ4n) is 3.63. The highest BCUT2D eigenvalue weighted by atomic mass is 32.2. The summed E-state index contributed by atoms with van der Waals surface area (Å²) in [6.45, 7) is 3.30. The van der Waals surface area contributed by atoms with Crippen molar-refractivity contribution < 1.29 is 39.9 Å². The molecule has 0 aromatic heterocycles. The van der Waals surface area contributed by atoms with E-state index < -0.39 is 51.1 Å². The number of hydrogen-bond acceptors (Lipinski definition) is 4. The first-order valence-corrected chi connectivity index (χ1v) is 11.6. The van der Waals surface area contributed by atoms with Gasteiger partial charge in [-0.05, 0) is 48.7 Å². The SMILES string of the molecule is CC(NC(=O)C1CC1(C)c1ccc(OC(F)(F)F)cc1)c1cc(F)c(NS(C)(=O)=O)c(F)c1. The smallest absolute Gasteiger partial charge is 0.406 e. The summed E-state index contributed by atoms with van der Waals surface area (Å²) in [6, 6.07) is 6.30. The molecule has 0 spiro atoms. The van der Waals surface area contributed by atoms with Crippen LogP contribution in [0.15, 0.2) is 36.4 Å². The second-order valence-electron chi connectivity index (χ2n) is 8.21. The van der Waals surface area contributed by atoms with Gasteiger partial charge < -0.3 is 10.1 Å². The van der Waals surface area contributed by atoms with Gasteiger partial charge in [0.25, 0.3) is 0 Å². The van der Waals surface area contributed by atoms with E-state index in [-0.39, 0.29) is 17.2 Å². The molecule has 180 valence electrons. The van der Waals surface area contributed by atoms with Gasteiger partial charge in [0.1, 0.15) is 11.4 Å². The predicted octanol–water partition coefficient (Wildman–Crippen LogP) is 4.39. The fourth-order valence-corrected chi connectivity index (χ4v) is 4.19. The van der Waals surface area contributed by atoms with Crippen molar-refractivity contribution in [3.8, 4) is 5.75 Å². The van der Waals surface area contributed by atoms with Gasteiger partial charge in [0.05, 0.1) is 12.3 Å². The first-order valence-electron chi connectivity index (χ1n) is 9.72. The molecule has 2 aromatic rings. The maximum atomic E-state index is 14.2. The third-order valence-corrected chi connectivity index (χ3v) is 6.09. The summed E-state index contributed by atoms with van der Waals surface area (Å²) < 4.78 is 93.5. The third kappa shape index (κ3) is 5.92. The molecule has 2 N–H and O–H groups in total. The van der Waals surface area contributed by atoms with Crippen molar-refractivity contribution in [2.45, 2.75) is 38.1 Å². The van der Waals surface area contributed by atoms with Crippen molar-refractivity contribution in [1.29, 1.82) is 0 Å². The number of amides is 1. The molecule has 3 atom stereocenters. The van der Waals surface area contributed by atoms with Crippen molar-refractivity contribution in [3.05, 3.63) is 59.2 Å². The number of halogens is 5. The van der Waals surface area contributed by atoms with Crippen LogP contribution >= 0.6 is 0 Å². The maximum absolute atomic E-state index is 14.2. The topological polar surface area (TPSA) is 84.5 Å². The quantitative estimate of drug-likeness (QED) is 0.562. The summed E-state index contributed by atoms with van der Waals surface area (Å²) in [5.41, 5.74) is -0.681. The Balaban J connectivity index is 1.67. The van der Waals surface area contributed by atoms with Gasteiger partial charge in [0, 0.05) is 11.3 Å². The molecule has 1 fully saturated rings. The summed E-state index contributed by atoms with van der Waals surface area (Å²) in [6.07, 6.45) is -3.61. The molecular formula is C21H21F5N2O4S. The monoisotopic (exact) mass is 492 g/mol. The number of nitrogens with one attached hydrogen (secondary N) is 2. The number of carbonyl (C=O) groups excluding carboxylic acids is 1. The van der Waals surface area contributed by atoms with Crippen LogP contribution < -0.4 is 14.8 Å². The molecular weight excluding hydrogens is 471 g/mol. The average molecular weight is 492 g/mol. The van der Waals surface area contributed by atoms with Crippen LogP contribution in [0, 0.1) is 17.6 Å². The van der Waals surface area contributed by atoms with Crippen LogP contribution in [0.5, 0.6) is 5.75 Å². The number of hydrogen-bond donors (Lipinski definition) is 2. The number of rotatable bonds is 7. The lowest BCUT2D eigenvalue weighted by Gasteiger charge is -2.18. The first kappa shape index (κ1) is 24.7. The Hall–Kier alpha value is -2.89. The number of ether oxygens (including phenoxy) is 1. The molecule has 0 radical (unpaired) electrons. The third-order valence-electron chi connectivity index (χ3n) is 5.51. The highest BCUT2D eigenvalue weighted by Crippen LogP contribution is 2.54. The number of carbonyl (C=O) groups is 1. The van der Waals surface area contributed by atoms with Crippen molar-refractivity contribution in [3.63, 3.8) is 0 Å². The van der Waals surface area contributed by atoms with E-state index in [1.807, 2.05) is 0 Å². The lowest BCUT2D eigenvalue weighted by Crippen LogP contribution is -2.30. The van der Waals surface area contributed by atoms with E-state index in [1.54, 1.807) is 11.6 Å². The Kier molecular flexibility index (Phi) is 6.35. The summed E-state index contributed by atoms with van der Waals surface area (Å²) in [4.78, 5) is 12.7. The van der Waals surface area contributed by atoms with Gasteiger partial charge in [-0.3, -0.25) is 9.52 Å². The second-order valence-corrected chi connectivity index (χ2v) is 9.96. The van der Waals surface area contributed by atoms with Crippen LogP contribution in [0.2, 0.25) is 0 Å². The maximum Gasteiger partial charge on any atom is 0.573 e. The molecule has 3 rings (SSSR count). The lowest BCUT2D eigenvalue weighted by molar-refractivity contribution is -0.274. The van der Waals surface area contributed by atoms with Gasteiger partial charge in [-0.25, -0.2) is 17.2 Å². The van der Waals surface area contributed by atoms with E-state index in [9.17, 15) is 35.2 Å². The minimum atomic E-state index is -4.80. The number of anilines is 1. The van der Waals surface area contributed by atoms with E-state index in [0.29, 0.717) is 12.0 Å². The van der Waals surface area contributed by atoms with E-state index in [2.05, 4.69) is 10.1 Å². The first-order chi connectivity index (χ1) is 15.1. The van der Waals surface area contributed by atoms with E-state index in [4.69, 9.17) is 0 Å². The zero-order valence-corrected chi connectivity index (χ0v) is 18.6. The van der Waals surface area contributed by atoms with Crippen LogP contribution in [0.25, 0.3) is 0 Å². The molecule has 1 aliphatic carbocycles. The molecule has 0 heterocycles. The Morgan fingerprint density at radius 3 is 2.18 bits per heavy atom. The van der Waals surface area contributed by atoms with Gasteiger partial charge in [-0.2, -0.15) is 0 Å². The minimum Gasteiger partial charge on any atom is -0.406 e. The van der Waals surface area contributed by atoms with Crippen molar-refractivity contribution >= 4 is 21.6 Å².